The SMILES string of the molecule is CCN(CC)C(C)C(=O)N[C@@H]1C(=O)N(Cc2c(C)cnc3ccccc23)c2ccccc2N(C(=O)CS(C)(=O)=O)[C@H]1C. The molecule has 1 aromatic heterocycles. The Bertz CT molecular complexity index is 1600. The molecule has 0 fully saturated rings. The van der Waals surface area contributed by atoms with Crippen LogP contribution in [0.4, 0.5) is 11.4 Å². The molecule has 3 amide bonds. The number of carbonyl (C=O) groups is 3. The first-order chi connectivity index (χ1) is 19.9. The molecule has 0 aliphatic carbocycles. The Balaban J connectivity index is 1.87. The maximum absolute atomic E-state index is 14.5. The summed E-state index contributed by atoms with van der Waals surface area (Å²) in [7, 11) is -3.68. The number of nitrogens with one attached hydrogen (secondary N) is 1. The zero-order valence-electron chi connectivity index (χ0n) is 25.0. The Morgan fingerprint density at radius 2 is 1.67 bits per heavy atom. The molecule has 3 aromatic rings. The quantitative estimate of drug-likeness (QED) is 0.405. The van der Waals surface area contributed by atoms with Gasteiger partial charge in [-0.05, 0) is 63.2 Å². The molecule has 4 rings (SSSR count). The van der Waals surface area contributed by atoms with Gasteiger partial charge < -0.3 is 15.1 Å². The van der Waals surface area contributed by atoms with Gasteiger partial charge in [0.1, 0.15) is 11.8 Å². The molecule has 3 atom stereocenters. The van der Waals surface area contributed by atoms with Crippen LogP contribution in [-0.4, -0.2) is 79.2 Å². The summed E-state index contributed by atoms with van der Waals surface area (Å²) in [6, 6.07) is 12.1. The number of nitrogens with zero attached hydrogens (tertiary/aromatic N) is 4. The molecule has 0 saturated heterocycles. The van der Waals surface area contributed by atoms with E-state index < -0.39 is 45.5 Å². The number of para-hydroxylation sites is 3. The molecular formula is C31H39N5O5S. The number of rotatable bonds is 9. The fourth-order valence-electron chi connectivity index (χ4n) is 5.64. The van der Waals surface area contributed by atoms with E-state index in [0.29, 0.717) is 24.5 Å². The highest BCUT2D eigenvalue weighted by Gasteiger charge is 2.43. The summed E-state index contributed by atoms with van der Waals surface area (Å²) in [6.07, 6.45) is 2.76. The number of hydrogen-bond donors (Lipinski definition) is 1. The monoisotopic (exact) mass is 593 g/mol. The third-order valence-electron chi connectivity index (χ3n) is 7.96. The van der Waals surface area contributed by atoms with Crippen LogP contribution in [0.5, 0.6) is 0 Å². The Morgan fingerprint density at radius 1 is 1.05 bits per heavy atom. The van der Waals surface area contributed by atoms with Crippen LogP contribution in [0.25, 0.3) is 10.9 Å². The molecule has 0 bridgehead atoms. The van der Waals surface area contributed by atoms with Gasteiger partial charge in [-0.25, -0.2) is 8.42 Å². The van der Waals surface area contributed by atoms with Crippen LogP contribution in [0.1, 0.15) is 38.8 Å². The van der Waals surface area contributed by atoms with Crippen LogP contribution < -0.4 is 15.1 Å². The average molecular weight is 594 g/mol. The number of carbonyl (C=O) groups excluding carboxylic acids is 3. The number of hydrogen-bond acceptors (Lipinski definition) is 7. The highest BCUT2D eigenvalue weighted by molar-refractivity contribution is 7.91. The van der Waals surface area contributed by atoms with Crippen LogP contribution >= 0.6 is 0 Å². The summed E-state index contributed by atoms with van der Waals surface area (Å²) in [5, 5.41) is 3.82. The number of aromatic nitrogens is 1. The molecule has 2 heterocycles. The van der Waals surface area contributed by atoms with Gasteiger partial charge in [-0.1, -0.05) is 44.2 Å². The number of amides is 3. The number of anilines is 2. The van der Waals surface area contributed by atoms with Crippen LogP contribution in [0.15, 0.2) is 54.7 Å². The summed E-state index contributed by atoms with van der Waals surface area (Å²) in [5.41, 5.74) is 3.40. The molecule has 42 heavy (non-hydrogen) atoms. The minimum atomic E-state index is -3.68. The molecule has 224 valence electrons. The van der Waals surface area contributed by atoms with Gasteiger partial charge in [0, 0.05) is 17.8 Å². The van der Waals surface area contributed by atoms with Crippen molar-refractivity contribution in [2.45, 2.75) is 59.3 Å². The lowest BCUT2D eigenvalue weighted by Crippen LogP contribution is -2.60. The van der Waals surface area contributed by atoms with Crippen molar-refractivity contribution in [2.75, 3.05) is 34.9 Å². The van der Waals surface area contributed by atoms with Crippen molar-refractivity contribution in [1.29, 1.82) is 0 Å². The number of aryl methyl sites for hydroxylation is 1. The van der Waals surface area contributed by atoms with Gasteiger partial charge in [-0.15, -0.1) is 0 Å². The van der Waals surface area contributed by atoms with E-state index in [1.165, 1.54) is 4.90 Å². The zero-order valence-corrected chi connectivity index (χ0v) is 25.8. The standard InChI is InChI=1S/C31H39N5O5S/c1-7-34(8-2)22(5)30(38)33-29-21(4)36(28(37)19-42(6,40)41)27-16-12-11-15-26(27)35(31(29)39)18-24-20(3)17-32-25-14-10-9-13-23(24)25/h9-17,21-22,29H,7-8,18-19H2,1-6H3,(H,33,38)/t21-,22?,29-/m0/s1. The van der Waals surface area contributed by atoms with Crippen molar-refractivity contribution in [3.8, 4) is 0 Å². The van der Waals surface area contributed by atoms with Crippen molar-refractivity contribution >= 4 is 49.8 Å². The largest absolute Gasteiger partial charge is 0.341 e. The molecule has 0 spiro atoms. The van der Waals surface area contributed by atoms with Crippen molar-refractivity contribution in [2.24, 2.45) is 0 Å². The Morgan fingerprint density at radius 3 is 2.31 bits per heavy atom. The van der Waals surface area contributed by atoms with E-state index in [9.17, 15) is 22.8 Å². The molecule has 0 saturated carbocycles. The third kappa shape index (κ3) is 6.32. The smallest absolute Gasteiger partial charge is 0.252 e. The summed E-state index contributed by atoms with van der Waals surface area (Å²) in [5.74, 6) is -2.15. The molecule has 1 aliphatic rings. The van der Waals surface area contributed by atoms with Gasteiger partial charge in [0.05, 0.1) is 35.5 Å². The van der Waals surface area contributed by atoms with E-state index in [2.05, 4.69) is 10.3 Å². The van der Waals surface area contributed by atoms with E-state index in [1.807, 2.05) is 49.9 Å². The second-order valence-corrected chi connectivity index (χ2v) is 12.9. The fraction of sp³-hybridized carbons (Fsp3) is 0.419. The maximum Gasteiger partial charge on any atom is 0.252 e. The van der Waals surface area contributed by atoms with Crippen molar-refractivity contribution in [1.82, 2.24) is 15.2 Å². The molecule has 10 nitrogen and oxygen atoms in total. The summed E-state index contributed by atoms with van der Waals surface area (Å²) in [4.78, 5) is 51.1. The lowest BCUT2D eigenvalue weighted by atomic mass is 10.0. The van der Waals surface area contributed by atoms with Crippen molar-refractivity contribution < 1.29 is 22.8 Å². The first kappa shape index (κ1) is 31.1. The first-order valence-electron chi connectivity index (χ1n) is 14.2. The van der Waals surface area contributed by atoms with Crippen LogP contribution in [0.3, 0.4) is 0 Å². The van der Waals surface area contributed by atoms with Gasteiger partial charge in [0.2, 0.25) is 11.8 Å². The van der Waals surface area contributed by atoms with Crippen LogP contribution in [0, 0.1) is 6.92 Å². The van der Waals surface area contributed by atoms with Gasteiger partial charge >= 0.3 is 0 Å². The number of sulfone groups is 1. The van der Waals surface area contributed by atoms with Crippen LogP contribution in [-0.2, 0) is 30.8 Å². The first-order valence-corrected chi connectivity index (χ1v) is 16.2. The predicted octanol–water partition coefficient (Wildman–Crippen LogP) is 3.07. The predicted molar refractivity (Wildman–Crippen MR) is 165 cm³/mol. The minimum Gasteiger partial charge on any atom is -0.341 e. The molecule has 0 radical (unpaired) electrons. The van der Waals surface area contributed by atoms with Crippen molar-refractivity contribution in [3.05, 3.63) is 65.9 Å². The van der Waals surface area contributed by atoms with E-state index >= 15 is 0 Å². The average Bonchev–Trinajstić information content (AvgIpc) is 3.02. The second-order valence-electron chi connectivity index (χ2n) is 10.8. The number of fused-ring (bicyclic) bond motifs is 2. The fourth-order valence-corrected chi connectivity index (χ4v) is 6.22. The normalized spacial score (nSPS) is 18.1. The Hall–Kier alpha value is -3.83. The van der Waals surface area contributed by atoms with Crippen molar-refractivity contribution in [3.63, 3.8) is 0 Å². The van der Waals surface area contributed by atoms with E-state index in [4.69, 9.17) is 0 Å². The molecule has 1 unspecified atom stereocenters. The lowest BCUT2D eigenvalue weighted by Gasteiger charge is -2.34. The number of pyridine rings is 1. The number of benzene rings is 2. The Labute approximate surface area is 247 Å². The highest BCUT2D eigenvalue weighted by Crippen LogP contribution is 2.37. The lowest BCUT2D eigenvalue weighted by molar-refractivity contribution is -0.131. The van der Waals surface area contributed by atoms with E-state index in [1.54, 1.807) is 49.2 Å². The van der Waals surface area contributed by atoms with E-state index in [-0.39, 0.29) is 12.5 Å². The zero-order chi connectivity index (χ0) is 30.8. The summed E-state index contributed by atoms with van der Waals surface area (Å²) >= 11 is 0. The summed E-state index contributed by atoms with van der Waals surface area (Å²) in [6.45, 7) is 10.7. The molecule has 2 aromatic carbocycles. The topological polar surface area (TPSA) is 120 Å². The van der Waals surface area contributed by atoms with Gasteiger partial charge in [0.15, 0.2) is 9.84 Å². The highest BCUT2D eigenvalue weighted by atomic mass is 32.2. The molecule has 1 aliphatic heterocycles. The molecule has 11 heteroatoms. The van der Waals surface area contributed by atoms with Gasteiger partial charge in [0.25, 0.3) is 5.91 Å². The molecule has 1 N–H and O–H groups in total. The van der Waals surface area contributed by atoms with Crippen LogP contribution in [0.2, 0.25) is 0 Å². The number of likely N-dealkylation sites (N-methyl/N-ethyl adjacent to an activating group) is 1. The second kappa shape index (κ2) is 12.6. The molecular weight excluding hydrogens is 554 g/mol. The third-order valence-corrected chi connectivity index (χ3v) is 8.74. The van der Waals surface area contributed by atoms with Gasteiger partial charge in [-0.3, -0.25) is 24.3 Å². The van der Waals surface area contributed by atoms with Gasteiger partial charge in [-0.2, -0.15) is 0 Å². The van der Waals surface area contributed by atoms with E-state index in [0.717, 1.165) is 28.3 Å². The summed E-state index contributed by atoms with van der Waals surface area (Å²) < 4.78 is 24.4. The maximum atomic E-state index is 14.5. The minimum absolute atomic E-state index is 0.156. The Kier molecular flexibility index (Phi) is 9.32.